The summed E-state index contributed by atoms with van der Waals surface area (Å²) in [6.07, 6.45) is 10.7. The highest BCUT2D eigenvalue weighted by atomic mass is 16.5. The number of ether oxygens (including phenoxy) is 2. The molecule has 138 valence electrons. The molecule has 2 heterocycles. The van der Waals surface area contributed by atoms with Crippen LogP contribution >= 0.6 is 0 Å². The number of piperidine rings is 1. The minimum absolute atomic E-state index is 0.338. The Hall–Kier alpha value is -0.810. The fourth-order valence-electron chi connectivity index (χ4n) is 4.28. The molecule has 0 bridgehead atoms. The summed E-state index contributed by atoms with van der Waals surface area (Å²) in [6.45, 7) is 7.21. The lowest BCUT2D eigenvalue weighted by atomic mass is 9.89. The Kier molecular flexibility index (Phi) is 6.39. The van der Waals surface area contributed by atoms with Crippen LogP contribution in [0, 0.1) is 5.41 Å². The first-order valence-electron chi connectivity index (χ1n) is 9.87. The molecule has 3 rings (SSSR count). The second-order valence-electron chi connectivity index (χ2n) is 8.07. The number of rotatable bonds is 5. The number of hydrogen-bond acceptors (Lipinski definition) is 3. The van der Waals surface area contributed by atoms with Crippen LogP contribution in [-0.4, -0.2) is 63.0 Å². The van der Waals surface area contributed by atoms with Crippen LogP contribution in [0.5, 0.6) is 0 Å². The van der Waals surface area contributed by atoms with Gasteiger partial charge in [0.2, 0.25) is 0 Å². The Labute approximate surface area is 147 Å². The average Bonchev–Trinajstić information content (AvgIpc) is 3.27. The first-order valence-corrected chi connectivity index (χ1v) is 9.87. The lowest BCUT2D eigenvalue weighted by Crippen LogP contribution is -2.49. The fraction of sp³-hybridized carbons (Fsp3) is 0.947. The van der Waals surface area contributed by atoms with E-state index in [2.05, 4.69) is 22.1 Å². The van der Waals surface area contributed by atoms with Gasteiger partial charge in [-0.05, 0) is 43.9 Å². The molecule has 1 aliphatic carbocycles. The Morgan fingerprint density at radius 2 is 1.96 bits per heavy atom. The summed E-state index contributed by atoms with van der Waals surface area (Å²) in [6, 6.07) is 0. The average molecular weight is 338 g/mol. The number of guanidine groups is 1. The molecule has 0 aromatic carbocycles. The molecule has 24 heavy (non-hydrogen) atoms. The molecule has 0 aromatic heterocycles. The molecular formula is C19H35N3O2. The van der Waals surface area contributed by atoms with Gasteiger partial charge in [0.15, 0.2) is 5.96 Å². The van der Waals surface area contributed by atoms with Gasteiger partial charge in [-0.1, -0.05) is 19.8 Å². The minimum Gasteiger partial charge on any atom is -0.376 e. The van der Waals surface area contributed by atoms with E-state index in [4.69, 9.17) is 9.47 Å². The van der Waals surface area contributed by atoms with Gasteiger partial charge >= 0.3 is 0 Å². The highest BCUT2D eigenvalue weighted by molar-refractivity contribution is 5.80. The van der Waals surface area contributed by atoms with Crippen LogP contribution in [0.3, 0.4) is 0 Å². The van der Waals surface area contributed by atoms with Crippen LogP contribution in [-0.2, 0) is 9.47 Å². The van der Waals surface area contributed by atoms with Gasteiger partial charge < -0.3 is 19.7 Å². The van der Waals surface area contributed by atoms with Crippen LogP contribution in [0.25, 0.3) is 0 Å². The fourth-order valence-corrected chi connectivity index (χ4v) is 4.28. The number of nitrogens with zero attached hydrogens (tertiary/aromatic N) is 2. The SMILES string of the molecule is CN=C(NCC1(C)CCCC1)N1CCC(OCC2CCCO2)CC1. The summed E-state index contributed by atoms with van der Waals surface area (Å²) >= 11 is 0. The standard InChI is InChI=1S/C19H35N3O2/c1-19(9-3-4-10-19)15-21-18(20-2)22-11-7-16(8-12-22)24-14-17-6-5-13-23-17/h16-17H,3-15H2,1-2H3,(H,20,21). The van der Waals surface area contributed by atoms with Gasteiger partial charge in [-0.25, -0.2) is 0 Å². The third kappa shape index (κ3) is 4.85. The number of nitrogens with one attached hydrogen (secondary N) is 1. The third-order valence-electron chi connectivity index (χ3n) is 5.98. The van der Waals surface area contributed by atoms with Crippen molar-refractivity contribution in [3.63, 3.8) is 0 Å². The van der Waals surface area contributed by atoms with E-state index < -0.39 is 0 Å². The Morgan fingerprint density at radius 1 is 1.21 bits per heavy atom. The topological polar surface area (TPSA) is 46.1 Å². The normalized spacial score (nSPS) is 28.5. The van der Waals surface area contributed by atoms with Crippen LogP contribution in [0.15, 0.2) is 4.99 Å². The van der Waals surface area contributed by atoms with Crippen molar-refractivity contribution in [3.05, 3.63) is 0 Å². The van der Waals surface area contributed by atoms with Crippen molar-refractivity contribution in [2.24, 2.45) is 10.4 Å². The molecule has 1 atom stereocenters. The van der Waals surface area contributed by atoms with Gasteiger partial charge in [-0.3, -0.25) is 4.99 Å². The maximum absolute atomic E-state index is 6.07. The Morgan fingerprint density at radius 3 is 2.58 bits per heavy atom. The number of likely N-dealkylation sites (tertiary alicyclic amines) is 1. The maximum Gasteiger partial charge on any atom is 0.193 e. The molecular weight excluding hydrogens is 302 g/mol. The number of aliphatic imine (C=N–C) groups is 1. The van der Waals surface area contributed by atoms with Crippen molar-refractivity contribution < 1.29 is 9.47 Å². The summed E-state index contributed by atoms with van der Waals surface area (Å²) in [4.78, 5) is 6.90. The van der Waals surface area contributed by atoms with E-state index in [1.807, 2.05) is 7.05 Å². The lowest BCUT2D eigenvalue weighted by molar-refractivity contribution is -0.0367. The zero-order valence-electron chi connectivity index (χ0n) is 15.6. The summed E-state index contributed by atoms with van der Waals surface area (Å²) in [5, 5.41) is 3.63. The zero-order valence-corrected chi connectivity index (χ0v) is 15.6. The quantitative estimate of drug-likeness (QED) is 0.619. The van der Waals surface area contributed by atoms with Gasteiger partial charge in [-0.2, -0.15) is 0 Å². The molecule has 0 amide bonds. The monoisotopic (exact) mass is 337 g/mol. The second kappa shape index (κ2) is 8.52. The highest BCUT2D eigenvalue weighted by Crippen LogP contribution is 2.36. The van der Waals surface area contributed by atoms with E-state index in [0.717, 1.165) is 58.1 Å². The van der Waals surface area contributed by atoms with E-state index >= 15 is 0 Å². The van der Waals surface area contributed by atoms with Crippen molar-refractivity contribution in [3.8, 4) is 0 Å². The van der Waals surface area contributed by atoms with Crippen molar-refractivity contribution in [2.75, 3.05) is 39.9 Å². The smallest absolute Gasteiger partial charge is 0.193 e. The molecule has 0 aromatic rings. The molecule has 5 heteroatoms. The van der Waals surface area contributed by atoms with E-state index in [0.29, 0.717) is 17.6 Å². The molecule has 3 fully saturated rings. The van der Waals surface area contributed by atoms with Gasteiger partial charge in [-0.15, -0.1) is 0 Å². The Bertz CT molecular complexity index is 407. The molecule has 1 unspecified atom stereocenters. The number of hydrogen-bond donors (Lipinski definition) is 1. The van der Waals surface area contributed by atoms with Gasteiger partial charge in [0.1, 0.15) is 0 Å². The summed E-state index contributed by atoms with van der Waals surface area (Å²) in [5.41, 5.74) is 0.457. The summed E-state index contributed by atoms with van der Waals surface area (Å²) in [5.74, 6) is 1.07. The molecule has 2 aliphatic heterocycles. The molecule has 1 saturated carbocycles. The molecule has 5 nitrogen and oxygen atoms in total. The van der Waals surface area contributed by atoms with E-state index in [-0.39, 0.29) is 0 Å². The first-order chi connectivity index (χ1) is 11.7. The van der Waals surface area contributed by atoms with Crippen LogP contribution in [0.4, 0.5) is 0 Å². The van der Waals surface area contributed by atoms with Gasteiger partial charge in [0.05, 0.1) is 18.8 Å². The predicted molar refractivity (Wildman–Crippen MR) is 97.5 cm³/mol. The van der Waals surface area contributed by atoms with Gasteiger partial charge in [0, 0.05) is 33.3 Å². The molecule has 1 N–H and O–H groups in total. The first kappa shape index (κ1) is 18.0. The summed E-state index contributed by atoms with van der Waals surface area (Å²) in [7, 11) is 1.90. The largest absolute Gasteiger partial charge is 0.376 e. The van der Waals surface area contributed by atoms with E-state index in [1.165, 1.54) is 32.1 Å². The molecule has 0 spiro atoms. The third-order valence-corrected chi connectivity index (χ3v) is 5.98. The highest BCUT2D eigenvalue weighted by Gasteiger charge is 2.30. The Balaban J connectivity index is 1.37. The lowest BCUT2D eigenvalue weighted by Gasteiger charge is -2.35. The predicted octanol–water partition coefficient (Wildman–Crippen LogP) is 2.80. The summed E-state index contributed by atoms with van der Waals surface area (Å²) < 4.78 is 11.7. The van der Waals surface area contributed by atoms with Crippen molar-refractivity contribution >= 4 is 5.96 Å². The minimum atomic E-state index is 0.338. The van der Waals surface area contributed by atoms with Crippen molar-refractivity contribution in [1.29, 1.82) is 0 Å². The molecule has 3 aliphatic rings. The van der Waals surface area contributed by atoms with Crippen LogP contribution in [0.1, 0.15) is 58.3 Å². The second-order valence-corrected chi connectivity index (χ2v) is 8.07. The van der Waals surface area contributed by atoms with Gasteiger partial charge in [0.25, 0.3) is 0 Å². The van der Waals surface area contributed by atoms with E-state index in [1.54, 1.807) is 0 Å². The van der Waals surface area contributed by atoms with E-state index in [9.17, 15) is 0 Å². The van der Waals surface area contributed by atoms with Crippen molar-refractivity contribution in [1.82, 2.24) is 10.2 Å². The van der Waals surface area contributed by atoms with Crippen molar-refractivity contribution in [2.45, 2.75) is 70.5 Å². The molecule has 0 radical (unpaired) electrons. The maximum atomic E-state index is 6.07. The van der Waals surface area contributed by atoms with Crippen LogP contribution < -0.4 is 5.32 Å². The zero-order chi connectivity index (χ0) is 16.8. The van der Waals surface area contributed by atoms with Crippen LogP contribution in [0.2, 0.25) is 0 Å². The molecule has 2 saturated heterocycles.